The molecule has 4 aromatic rings. The number of thiophene rings is 1. The van der Waals surface area contributed by atoms with Crippen molar-refractivity contribution >= 4 is 39.6 Å². The molecule has 4 nitrogen and oxygen atoms in total. The summed E-state index contributed by atoms with van der Waals surface area (Å²) in [7, 11) is 0. The Labute approximate surface area is 202 Å². The normalized spacial score (nSPS) is 14.3. The molecule has 0 bridgehead atoms. The van der Waals surface area contributed by atoms with Crippen LogP contribution in [0.2, 0.25) is 0 Å². The number of carbonyl (C=O) groups excluding carboxylic acids is 2. The first-order chi connectivity index (χ1) is 16.6. The van der Waals surface area contributed by atoms with E-state index in [0.717, 1.165) is 15.6 Å². The average molecular weight is 473 g/mol. The van der Waals surface area contributed by atoms with Crippen molar-refractivity contribution in [3.8, 4) is 0 Å². The number of hydrogen-bond acceptors (Lipinski definition) is 3. The van der Waals surface area contributed by atoms with Crippen molar-refractivity contribution in [2.75, 3.05) is 18.0 Å². The zero-order chi connectivity index (χ0) is 23.5. The SMILES string of the molecule is O=C(c1cccc2ccccc12)N1CCC(C(=O)N(Cc2cccs2)c2ccc(F)cc2)CC1. The van der Waals surface area contributed by atoms with Crippen LogP contribution in [0, 0.1) is 11.7 Å². The predicted molar refractivity (Wildman–Crippen MR) is 134 cm³/mol. The first kappa shape index (κ1) is 22.3. The lowest BCUT2D eigenvalue weighted by atomic mass is 9.94. The van der Waals surface area contributed by atoms with Gasteiger partial charge >= 0.3 is 0 Å². The standard InChI is InChI=1S/C28H25FN2O2S/c29-22-10-12-23(13-11-22)31(19-24-7-4-18-34-24)27(32)21-14-16-30(17-15-21)28(33)26-9-3-6-20-5-1-2-8-25(20)26/h1-13,18,21H,14-17,19H2. The Balaban J connectivity index is 1.31. The van der Waals surface area contributed by atoms with Crippen LogP contribution in [0.15, 0.2) is 84.2 Å². The number of amides is 2. The van der Waals surface area contributed by atoms with Crippen LogP contribution in [0.4, 0.5) is 10.1 Å². The molecule has 1 aliphatic rings. The van der Waals surface area contributed by atoms with Gasteiger partial charge in [-0.3, -0.25) is 9.59 Å². The lowest BCUT2D eigenvalue weighted by molar-refractivity contribution is -0.123. The van der Waals surface area contributed by atoms with E-state index in [4.69, 9.17) is 0 Å². The number of likely N-dealkylation sites (tertiary alicyclic amines) is 1. The van der Waals surface area contributed by atoms with Crippen LogP contribution < -0.4 is 4.90 Å². The van der Waals surface area contributed by atoms with Gasteiger partial charge < -0.3 is 9.80 Å². The summed E-state index contributed by atoms with van der Waals surface area (Å²) >= 11 is 1.60. The first-order valence-electron chi connectivity index (χ1n) is 11.5. The third kappa shape index (κ3) is 4.59. The molecule has 3 aromatic carbocycles. The maximum atomic E-state index is 13.6. The highest BCUT2D eigenvalue weighted by atomic mass is 32.1. The average Bonchev–Trinajstić information content (AvgIpc) is 3.40. The number of nitrogens with zero attached hydrogens (tertiary/aromatic N) is 2. The summed E-state index contributed by atoms with van der Waals surface area (Å²) in [6, 6.07) is 23.7. The van der Waals surface area contributed by atoms with E-state index in [9.17, 15) is 14.0 Å². The molecule has 6 heteroatoms. The Morgan fingerprint density at radius 3 is 2.38 bits per heavy atom. The molecule has 0 unspecified atom stereocenters. The van der Waals surface area contributed by atoms with Gasteiger partial charge in [0.2, 0.25) is 5.91 Å². The summed E-state index contributed by atoms with van der Waals surface area (Å²) < 4.78 is 13.5. The Hall–Kier alpha value is -3.51. The molecule has 0 N–H and O–H groups in total. The van der Waals surface area contributed by atoms with Gasteiger partial charge in [0, 0.05) is 35.1 Å². The van der Waals surface area contributed by atoms with Crippen molar-refractivity contribution in [3.05, 3.63) is 101 Å². The molecule has 0 atom stereocenters. The Kier molecular flexibility index (Phi) is 6.41. The van der Waals surface area contributed by atoms with Crippen LogP contribution >= 0.6 is 11.3 Å². The number of rotatable bonds is 5. The summed E-state index contributed by atoms with van der Waals surface area (Å²) in [5, 5.41) is 3.98. The lowest BCUT2D eigenvalue weighted by Crippen LogP contribution is -2.44. The molecule has 34 heavy (non-hydrogen) atoms. The molecule has 0 aliphatic carbocycles. The topological polar surface area (TPSA) is 40.6 Å². The Morgan fingerprint density at radius 2 is 1.65 bits per heavy atom. The van der Waals surface area contributed by atoms with Crippen LogP contribution in [-0.4, -0.2) is 29.8 Å². The summed E-state index contributed by atoms with van der Waals surface area (Å²) in [4.78, 5) is 31.5. The molecule has 1 aliphatic heterocycles. The molecular formula is C28H25FN2O2S. The smallest absolute Gasteiger partial charge is 0.254 e. The number of halogens is 1. The number of carbonyl (C=O) groups is 2. The van der Waals surface area contributed by atoms with E-state index in [0.29, 0.717) is 43.7 Å². The van der Waals surface area contributed by atoms with Gasteiger partial charge in [-0.2, -0.15) is 0 Å². The number of hydrogen-bond donors (Lipinski definition) is 0. The van der Waals surface area contributed by atoms with E-state index in [1.54, 1.807) is 28.4 Å². The second kappa shape index (κ2) is 9.77. The maximum absolute atomic E-state index is 13.6. The van der Waals surface area contributed by atoms with Gasteiger partial charge in [-0.15, -0.1) is 11.3 Å². The fourth-order valence-electron chi connectivity index (χ4n) is 4.61. The van der Waals surface area contributed by atoms with E-state index in [-0.39, 0.29) is 23.5 Å². The van der Waals surface area contributed by atoms with Crippen molar-refractivity contribution in [2.45, 2.75) is 19.4 Å². The zero-order valence-corrected chi connectivity index (χ0v) is 19.5. The lowest BCUT2D eigenvalue weighted by Gasteiger charge is -2.34. The molecule has 2 heterocycles. The molecule has 0 saturated carbocycles. The highest BCUT2D eigenvalue weighted by Crippen LogP contribution is 2.28. The van der Waals surface area contributed by atoms with Crippen LogP contribution in [-0.2, 0) is 11.3 Å². The summed E-state index contributed by atoms with van der Waals surface area (Å²) in [6.07, 6.45) is 1.22. The van der Waals surface area contributed by atoms with E-state index >= 15 is 0 Å². The van der Waals surface area contributed by atoms with E-state index in [1.165, 1.54) is 12.1 Å². The van der Waals surface area contributed by atoms with Crippen molar-refractivity contribution in [1.82, 2.24) is 4.90 Å². The van der Waals surface area contributed by atoms with Gasteiger partial charge in [-0.1, -0.05) is 42.5 Å². The first-order valence-corrected chi connectivity index (χ1v) is 12.3. The molecule has 1 saturated heterocycles. The minimum Gasteiger partial charge on any atom is -0.339 e. The van der Waals surface area contributed by atoms with E-state index in [2.05, 4.69) is 0 Å². The quantitative estimate of drug-likeness (QED) is 0.351. The highest BCUT2D eigenvalue weighted by molar-refractivity contribution is 7.09. The van der Waals surface area contributed by atoms with Crippen molar-refractivity contribution < 1.29 is 14.0 Å². The molecule has 0 spiro atoms. The zero-order valence-electron chi connectivity index (χ0n) is 18.7. The van der Waals surface area contributed by atoms with Crippen LogP contribution in [0.5, 0.6) is 0 Å². The van der Waals surface area contributed by atoms with Crippen molar-refractivity contribution in [3.63, 3.8) is 0 Å². The van der Waals surface area contributed by atoms with Gasteiger partial charge in [0.15, 0.2) is 0 Å². The molecular weight excluding hydrogens is 447 g/mol. The Morgan fingerprint density at radius 1 is 0.912 bits per heavy atom. The third-order valence-electron chi connectivity index (χ3n) is 6.45. The molecule has 5 rings (SSSR count). The number of piperidine rings is 1. The third-order valence-corrected chi connectivity index (χ3v) is 7.31. The van der Waals surface area contributed by atoms with Crippen LogP contribution in [0.1, 0.15) is 28.1 Å². The number of fused-ring (bicyclic) bond motifs is 1. The summed E-state index contributed by atoms with van der Waals surface area (Å²) in [6.45, 7) is 1.53. The second-order valence-electron chi connectivity index (χ2n) is 8.57. The minimum atomic E-state index is -0.326. The second-order valence-corrected chi connectivity index (χ2v) is 9.61. The van der Waals surface area contributed by atoms with Gasteiger partial charge in [0.25, 0.3) is 5.91 Å². The van der Waals surface area contributed by atoms with Gasteiger partial charge in [0.05, 0.1) is 6.54 Å². The molecule has 2 amide bonds. The number of anilines is 1. The van der Waals surface area contributed by atoms with E-state index < -0.39 is 0 Å². The highest BCUT2D eigenvalue weighted by Gasteiger charge is 2.31. The predicted octanol–water partition coefficient (Wildman–Crippen LogP) is 6.13. The fraction of sp³-hybridized carbons (Fsp3) is 0.214. The molecule has 172 valence electrons. The largest absolute Gasteiger partial charge is 0.339 e. The molecule has 0 radical (unpaired) electrons. The van der Waals surface area contributed by atoms with Crippen molar-refractivity contribution in [2.24, 2.45) is 5.92 Å². The minimum absolute atomic E-state index is 0.0108. The van der Waals surface area contributed by atoms with Gasteiger partial charge in [0.1, 0.15) is 5.82 Å². The number of benzene rings is 3. The van der Waals surface area contributed by atoms with Crippen LogP contribution in [0.25, 0.3) is 10.8 Å². The van der Waals surface area contributed by atoms with Gasteiger partial charge in [-0.25, -0.2) is 4.39 Å². The monoisotopic (exact) mass is 472 g/mol. The maximum Gasteiger partial charge on any atom is 0.254 e. The Bertz CT molecular complexity index is 1290. The van der Waals surface area contributed by atoms with Crippen molar-refractivity contribution in [1.29, 1.82) is 0 Å². The molecule has 1 fully saturated rings. The summed E-state index contributed by atoms with van der Waals surface area (Å²) in [5.74, 6) is -0.469. The fourth-order valence-corrected chi connectivity index (χ4v) is 5.30. The summed E-state index contributed by atoms with van der Waals surface area (Å²) in [5.41, 5.74) is 1.39. The van der Waals surface area contributed by atoms with Crippen LogP contribution in [0.3, 0.4) is 0 Å². The molecule has 1 aromatic heterocycles. The van der Waals surface area contributed by atoms with E-state index in [1.807, 2.05) is 64.9 Å². The van der Waals surface area contributed by atoms with Gasteiger partial charge in [-0.05, 0) is 65.4 Å².